The van der Waals surface area contributed by atoms with Crippen molar-refractivity contribution in [2.24, 2.45) is 0 Å². The lowest BCUT2D eigenvalue weighted by Gasteiger charge is -2.22. The quantitative estimate of drug-likeness (QED) is 0.489. The lowest BCUT2D eigenvalue weighted by Crippen LogP contribution is -2.23. The molecule has 2 aliphatic rings. The normalized spacial score (nSPS) is 21.6. The largest absolute Gasteiger partial charge is 0.494 e. The van der Waals surface area contributed by atoms with Crippen molar-refractivity contribution in [3.05, 3.63) is 52.9 Å². The summed E-state index contributed by atoms with van der Waals surface area (Å²) >= 11 is 6.59. The number of methoxy groups -OCH3 is 1. The fourth-order valence-corrected chi connectivity index (χ4v) is 5.04. The summed E-state index contributed by atoms with van der Waals surface area (Å²) < 4.78 is 5.60. The minimum Gasteiger partial charge on any atom is -0.494 e. The van der Waals surface area contributed by atoms with Gasteiger partial charge in [0.25, 0.3) is 0 Å². The summed E-state index contributed by atoms with van der Waals surface area (Å²) in [6, 6.07) is 7.58. The summed E-state index contributed by atoms with van der Waals surface area (Å²) in [5, 5.41) is 23.6. The topological polar surface area (TPSA) is 104 Å². The number of β-amino-alcohol motifs (C(OH)–C–C–N with tert-alkyl or cyclic N) is 1. The van der Waals surface area contributed by atoms with E-state index in [0.29, 0.717) is 35.4 Å². The molecule has 0 bridgehead atoms. The van der Waals surface area contributed by atoms with Gasteiger partial charge in [-0.05, 0) is 43.0 Å². The number of fused-ring (bicyclic) bond motifs is 1. The van der Waals surface area contributed by atoms with Gasteiger partial charge >= 0.3 is 0 Å². The summed E-state index contributed by atoms with van der Waals surface area (Å²) in [6.45, 7) is 3.45. The lowest BCUT2D eigenvalue weighted by molar-refractivity contribution is 0.198. The minimum atomic E-state index is -0.347. The Hall–Kier alpha value is -2.94. The van der Waals surface area contributed by atoms with Gasteiger partial charge in [0.1, 0.15) is 5.75 Å². The van der Waals surface area contributed by atoms with Gasteiger partial charge in [0.05, 0.1) is 41.9 Å². The van der Waals surface area contributed by atoms with Crippen LogP contribution in [0.5, 0.6) is 5.75 Å². The molecule has 0 radical (unpaired) electrons. The Morgan fingerprint density at radius 2 is 2.15 bits per heavy atom. The molecule has 178 valence electrons. The zero-order valence-corrected chi connectivity index (χ0v) is 20.0. The van der Waals surface area contributed by atoms with Gasteiger partial charge in [-0.25, -0.2) is 9.97 Å². The van der Waals surface area contributed by atoms with Crippen LogP contribution in [0.2, 0.25) is 5.02 Å². The highest BCUT2D eigenvalue weighted by Gasteiger charge is 2.35. The van der Waals surface area contributed by atoms with Gasteiger partial charge in [-0.15, -0.1) is 0 Å². The number of halogens is 1. The van der Waals surface area contributed by atoms with E-state index < -0.39 is 0 Å². The van der Waals surface area contributed by atoms with E-state index in [0.717, 1.165) is 47.6 Å². The maximum Gasteiger partial charge on any atom is 0.227 e. The Kier molecular flexibility index (Phi) is 6.06. The second-order valence-electron chi connectivity index (χ2n) is 9.22. The molecule has 1 saturated heterocycles. The molecular formula is C25H28ClN5O3. The third-order valence-electron chi connectivity index (χ3n) is 6.85. The smallest absolute Gasteiger partial charge is 0.227 e. The summed E-state index contributed by atoms with van der Waals surface area (Å²) in [6.07, 6.45) is 5.64. The van der Waals surface area contributed by atoms with Crippen LogP contribution in [0, 0.1) is 0 Å². The lowest BCUT2D eigenvalue weighted by atomic mass is 9.85. The van der Waals surface area contributed by atoms with Crippen molar-refractivity contribution in [3.8, 4) is 17.0 Å². The van der Waals surface area contributed by atoms with Crippen molar-refractivity contribution >= 4 is 28.9 Å². The highest BCUT2D eigenvalue weighted by Crippen LogP contribution is 2.40. The van der Waals surface area contributed by atoms with E-state index in [2.05, 4.69) is 38.2 Å². The number of aliphatic hydroxyl groups excluding tert-OH is 2. The van der Waals surface area contributed by atoms with E-state index in [4.69, 9.17) is 16.3 Å². The standard InChI is InChI=1S/C25H28ClN5O3/c1-25(14-32)6-3-20-17(25)9-15(12-28-20)19-4-7-27-24(29-19)30-21-10-18(26)22(11-23(21)34-2)31-8-5-16(33)13-31/h4,7,9-12,16,32-33H,3,5-6,8,13-14H2,1-2H3,(H,27,29,30). The summed E-state index contributed by atoms with van der Waals surface area (Å²) in [4.78, 5) is 15.7. The van der Waals surface area contributed by atoms with Crippen molar-refractivity contribution in [2.75, 3.05) is 37.0 Å². The van der Waals surface area contributed by atoms with Crippen molar-refractivity contribution in [1.82, 2.24) is 15.0 Å². The Morgan fingerprint density at radius 3 is 2.88 bits per heavy atom. The van der Waals surface area contributed by atoms with Crippen LogP contribution in [0.25, 0.3) is 11.3 Å². The summed E-state index contributed by atoms with van der Waals surface area (Å²) in [7, 11) is 1.60. The first kappa shape index (κ1) is 22.8. The van der Waals surface area contributed by atoms with Crippen molar-refractivity contribution in [2.45, 2.75) is 37.7 Å². The molecule has 5 rings (SSSR count). The van der Waals surface area contributed by atoms with Crippen LogP contribution >= 0.6 is 11.6 Å². The van der Waals surface area contributed by atoms with Crippen LogP contribution in [0.4, 0.5) is 17.3 Å². The van der Waals surface area contributed by atoms with Crippen LogP contribution in [0.3, 0.4) is 0 Å². The zero-order valence-electron chi connectivity index (χ0n) is 19.3. The molecule has 0 spiro atoms. The molecule has 1 aromatic carbocycles. The second-order valence-corrected chi connectivity index (χ2v) is 9.63. The van der Waals surface area contributed by atoms with E-state index in [1.807, 2.05) is 18.3 Å². The first-order valence-corrected chi connectivity index (χ1v) is 11.8. The van der Waals surface area contributed by atoms with Gasteiger partial charge < -0.3 is 25.2 Å². The molecule has 0 amide bonds. The molecule has 1 fully saturated rings. The Balaban J connectivity index is 1.43. The molecular weight excluding hydrogens is 454 g/mol. The number of ether oxygens (including phenoxy) is 1. The van der Waals surface area contributed by atoms with E-state index in [9.17, 15) is 10.2 Å². The minimum absolute atomic E-state index is 0.0919. The molecule has 8 nitrogen and oxygen atoms in total. The van der Waals surface area contributed by atoms with Gasteiger partial charge in [0, 0.05) is 48.2 Å². The van der Waals surface area contributed by atoms with Gasteiger partial charge in [-0.2, -0.15) is 0 Å². The molecule has 2 unspecified atom stereocenters. The number of anilines is 3. The van der Waals surface area contributed by atoms with Crippen LogP contribution < -0.4 is 15.0 Å². The number of benzene rings is 1. The molecule has 2 aromatic heterocycles. The number of aromatic nitrogens is 3. The van der Waals surface area contributed by atoms with E-state index in [1.54, 1.807) is 19.4 Å². The highest BCUT2D eigenvalue weighted by molar-refractivity contribution is 6.33. The van der Waals surface area contributed by atoms with Gasteiger partial charge in [0.15, 0.2) is 0 Å². The number of nitrogens with one attached hydrogen (secondary N) is 1. The van der Waals surface area contributed by atoms with Crippen molar-refractivity contribution < 1.29 is 14.9 Å². The zero-order chi connectivity index (χ0) is 23.9. The van der Waals surface area contributed by atoms with Gasteiger partial charge in [-0.1, -0.05) is 18.5 Å². The summed E-state index contributed by atoms with van der Waals surface area (Å²) in [5.41, 5.74) is 4.92. The van der Waals surface area contributed by atoms with Crippen LogP contribution in [-0.4, -0.2) is 58.1 Å². The Morgan fingerprint density at radius 1 is 1.29 bits per heavy atom. The molecule has 3 aromatic rings. The number of aliphatic hydroxyl groups is 2. The fraction of sp³-hybridized carbons (Fsp3) is 0.400. The third-order valence-corrected chi connectivity index (χ3v) is 7.16. The molecule has 3 N–H and O–H groups in total. The number of hydrogen-bond acceptors (Lipinski definition) is 8. The maximum atomic E-state index is 9.91. The van der Waals surface area contributed by atoms with Crippen molar-refractivity contribution in [3.63, 3.8) is 0 Å². The average Bonchev–Trinajstić information content (AvgIpc) is 3.43. The Bertz CT molecular complexity index is 1220. The molecule has 3 heterocycles. The SMILES string of the molecule is COc1cc(N2CCC(O)C2)c(Cl)cc1Nc1nccc(-c2cnc3c(c2)C(C)(CO)CC3)n1. The second kappa shape index (κ2) is 9.02. The summed E-state index contributed by atoms with van der Waals surface area (Å²) in [5.74, 6) is 1.01. The Labute approximate surface area is 203 Å². The van der Waals surface area contributed by atoms with Crippen LogP contribution in [0.1, 0.15) is 31.0 Å². The number of aryl methyl sites for hydroxylation is 1. The molecule has 2 atom stereocenters. The molecule has 9 heteroatoms. The predicted octanol–water partition coefficient (Wildman–Crippen LogP) is 3.71. The van der Waals surface area contributed by atoms with Crippen LogP contribution in [0.15, 0.2) is 36.7 Å². The van der Waals surface area contributed by atoms with E-state index >= 15 is 0 Å². The molecule has 1 aliphatic heterocycles. The number of nitrogens with zero attached hydrogens (tertiary/aromatic N) is 4. The van der Waals surface area contributed by atoms with E-state index in [1.165, 1.54) is 0 Å². The first-order valence-electron chi connectivity index (χ1n) is 11.4. The highest BCUT2D eigenvalue weighted by atomic mass is 35.5. The monoisotopic (exact) mass is 481 g/mol. The number of pyridine rings is 1. The van der Waals surface area contributed by atoms with E-state index in [-0.39, 0.29) is 18.1 Å². The van der Waals surface area contributed by atoms with Crippen molar-refractivity contribution in [1.29, 1.82) is 0 Å². The maximum absolute atomic E-state index is 9.91. The van der Waals surface area contributed by atoms with Gasteiger partial charge in [-0.3, -0.25) is 4.98 Å². The average molecular weight is 482 g/mol. The molecule has 34 heavy (non-hydrogen) atoms. The first-order chi connectivity index (χ1) is 16.4. The fourth-order valence-electron chi connectivity index (χ4n) is 4.76. The predicted molar refractivity (Wildman–Crippen MR) is 132 cm³/mol. The third kappa shape index (κ3) is 4.17. The molecule has 0 saturated carbocycles. The van der Waals surface area contributed by atoms with Gasteiger partial charge in [0.2, 0.25) is 5.95 Å². The molecule has 1 aliphatic carbocycles. The van der Waals surface area contributed by atoms with Crippen LogP contribution in [-0.2, 0) is 11.8 Å². The number of hydrogen-bond donors (Lipinski definition) is 3. The number of rotatable bonds is 6.